The van der Waals surface area contributed by atoms with Crippen LogP contribution in [0.15, 0.2) is 17.4 Å². The molecule has 1 aromatic heterocycles. The highest BCUT2D eigenvalue weighted by molar-refractivity contribution is 5.83. The van der Waals surface area contributed by atoms with Gasteiger partial charge in [-0.05, 0) is 12.8 Å². The molecule has 0 fully saturated rings. The molecule has 0 aliphatic heterocycles. The van der Waals surface area contributed by atoms with Gasteiger partial charge >= 0.3 is 0 Å². The molecule has 0 atom stereocenters. The largest absolute Gasteiger partial charge is 0.294 e. The van der Waals surface area contributed by atoms with E-state index >= 15 is 0 Å². The molecule has 0 aliphatic carbocycles. The molecule has 0 aromatic carbocycles. The molecular formula is C12H17N3. The molecule has 0 amide bonds. The van der Waals surface area contributed by atoms with Gasteiger partial charge in [0.05, 0.1) is 11.4 Å². The topological polar surface area (TPSA) is 38.1 Å². The van der Waals surface area contributed by atoms with E-state index in [9.17, 15) is 0 Å². The predicted molar refractivity (Wildman–Crippen MR) is 64.3 cm³/mol. The number of aromatic nitrogens is 2. The highest BCUT2D eigenvalue weighted by atomic mass is 14.9. The number of nitrogens with zero attached hydrogens (tertiary/aromatic N) is 3. The Morgan fingerprint density at radius 2 is 2.07 bits per heavy atom. The van der Waals surface area contributed by atoms with Crippen molar-refractivity contribution in [2.45, 2.75) is 26.7 Å². The van der Waals surface area contributed by atoms with Crippen molar-refractivity contribution in [3.8, 4) is 0 Å². The average Bonchev–Trinajstić information content (AvgIpc) is 2.21. The number of hydrogen-bond acceptors (Lipinski definition) is 3. The molecule has 15 heavy (non-hydrogen) atoms. The minimum atomic E-state index is 0.392. The Labute approximate surface area is 91.0 Å². The van der Waals surface area contributed by atoms with Crippen molar-refractivity contribution in [3.63, 3.8) is 0 Å². The number of hydrogen-bond donors (Lipinski definition) is 0. The second kappa shape index (κ2) is 5.39. The Hall–Kier alpha value is -1.51. The maximum atomic E-state index is 4.32. The molecule has 1 aromatic rings. The fourth-order valence-electron chi connectivity index (χ4n) is 1.45. The molecule has 0 saturated carbocycles. The van der Waals surface area contributed by atoms with Gasteiger partial charge in [-0.25, -0.2) is 9.97 Å². The molecule has 0 spiro atoms. The van der Waals surface area contributed by atoms with Crippen LogP contribution < -0.4 is 0 Å². The van der Waals surface area contributed by atoms with Crippen molar-refractivity contribution < 1.29 is 0 Å². The van der Waals surface area contributed by atoms with Gasteiger partial charge in [-0.3, -0.25) is 4.99 Å². The lowest BCUT2D eigenvalue weighted by Gasteiger charge is -2.09. The Morgan fingerprint density at radius 3 is 2.60 bits per heavy atom. The van der Waals surface area contributed by atoms with E-state index < -0.39 is 0 Å². The number of aliphatic imine (C=N–C) groups is 1. The molecule has 0 N–H and O–H groups in total. The van der Waals surface area contributed by atoms with Gasteiger partial charge in [-0.1, -0.05) is 26.0 Å². The van der Waals surface area contributed by atoms with E-state index in [-0.39, 0.29) is 0 Å². The van der Waals surface area contributed by atoms with Crippen LogP contribution in [0.5, 0.6) is 0 Å². The third-order valence-electron chi connectivity index (χ3n) is 2.08. The minimum Gasteiger partial charge on any atom is -0.294 e. The Kier molecular flexibility index (Phi) is 4.16. The second-order valence-electron chi connectivity index (χ2n) is 3.60. The zero-order valence-electron chi connectivity index (χ0n) is 9.73. The predicted octanol–water partition coefficient (Wildman–Crippen LogP) is 2.68. The van der Waals surface area contributed by atoms with Crippen molar-refractivity contribution in [1.29, 1.82) is 0 Å². The maximum Gasteiger partial charge on any atom is 0.116 e. The third-order valence-corrected chi connectivity index (χ3v) is 2.08. The lowest BCUT2D eigenvalue weighted by Crippen LogP contribution is -2.03. The Balaban J connectivity index is 3.34. The van der Waals surface area contributed by atoms with Gasteiger partial charge in [0.15, 0.2) is 0 Å². The first-order chi connectivity index (χ1) is 7.20. The molecule has 3 heteroatoms. The van der Waals surface area contributed by atoms with Crippen LogP contribution in [0.4, 0.5) is 0 Å². The van der Waals surface area contributed by atoms with Crippen LogP contribution in [0.1, 0.15) is 43.6 Å². The van der Waals surface area contributed by atoms with E-state index in [1.54, 1.807) is 19.6 Å². The monoisotopic (exact) mass is 203 g/mol. The normalized spacial score (nSPS) is 12.1. The van der Waals surface area contributed by atoms with E-state index in [1.165, 1.54) is 0 Å². The van der Waals surface area contributed by atoms with Gasteiger partial charge in [0.25, 0.3) is 0 Å². The maximum absolute atomic E-state index is 4.32. The summed E-state index contributed by atoms with van der Waals surface area (Å²) >= 11 is 0. The van der Waals surface area contributed by atoms with Crippen LogP contribution in [-0.4, -0.2) is 23.2 Å². The van der Waals surface area contributed by atoms with Crippen molar-refractivity contribution in [3.05, 3.63) is 29.4 Å². The molecule has 80 valence electrons. The smallest absolute Gasteiger partial charge is 0.116 e. The summed E-state index contributed by atoms with van der Waals surface area (Å²) in [6, 6.07) is 0. The summed E-state index contributed by atoms with van der Waals surface area (Å²) < 4.78 is 0. The number of rotatable bonds is 3. The molecule has 3 nitrogen and oxygen atoms in total. The summed E-state index contributed by atoms with van der Waals surface area (Å²) in [5.41, 5.74) is 3.02. The first-order valence-electron chi connectivity index (χ1n) is 5.10. The van der Waals surface area contributed by atoms with E-state index in [2.05, 4.69) is 28.8 Å². The summed E-state index contributed by atoms with van der Waals surface area (Å²) in [6.45, 7) is 6.24. The number of allylic oxidation sites excluding steroid dienone is 1. The standard InChI is InChI=1S/C12H17N3/c1-5-6-10-11(7-13-4)14-8-15-12(10)9(2)3/h5-9H,1-4H3/b6-5-,13-7-. The quantitative estimate of drug-likeness (QED) is 0.708. The molecular weight excluding hydrogens is 186 g/mol. The van der Waals surface area contributed by atoms with E-state index in [0.717, 1.165) is 17.0 Å². The zero-order valence-corrected chi connectivity index (χ0v) is 9.73. The fourth-order valence-corrected chi connectivity index (χ4v) is 1.45. The fraction of sp³-hybridized carbons (Fsp3) is 0.417. The second-order valence-corrected chi connectivity index (χ2v) is 3.60. The summed E-state index contributed by atoms with van der Waals surface area (Å²) in [7, 11) is 1.75. The summed E-state index contributed by atoms with van der Waals surface area (Å²) in [6.07, 6.45) is 7.40. The van der Waals surface area contributed by atoms with Gasteiger partial charge in [0, 0.05) is 18.8 Å². The summed E-state index contributed by atoms with van der Waals surface area (Å²) in [5, 5.41) is 0. The lowest BCUT2D eigenvalue weighted by atomic mass is 10.0. The van der Waals surface area contributed by atoms with Gasteiger partial charge in [-0.2, -0.15) is 0 Å². The minimum absolute atomic E-state index is 0.392. The summed E-state index contributed by atoms with van der Waals surface area (Å²) in [5.74, 6) is 0.392. The first kappa shape index (κ1) is 11.6. The van der Waals surface area contributed by atoms with Crippen molar-refractivity contribution in [2.24, 2.45) is 4.99 Å². The molecule has 0 bridgehead atoms. The molecule has 0 unspecified atom stereocenters. The lowest BCUT2D eigenvalue weighted by molar-refractivity contribution is 0.809. The Bertz CT molecular complexity index is 378. The molecule has 1 rings (SSSR count). The molecule has 0 saturated heterocycles. The van der Waals surface area contributed by atoms with Crippen LogP contribution in [0.2, 0.25) is 0 Å². The van der Waals surface area contributed by atoms with Gasteiger partial charge in [0.2, 0.25) is 0 Å². The van der Waals surface area contributed by atoms with Crippen molar-refractivity contribution in [2.75, 3.05) is 7.05 Å². The van der Waals surface area contributed by atoms with Crippen molar-refractivity contribution >= 4 is 12.3 Å². The van der Waals surface area contributed by atoms with E-state index in [4.69, 9.17) is 0 Å². The van der Waals surface area contributed by atoms with Gasteiger partial charge in [-0.15, -0.1) is 0 Å². The summed E-state index contributed by atoms with van der Waals surface area (Å²) in [4.78, 5) is 12.5. The highest BCUT2D eigenvalue weighted by Crippen LogP contribution is 2.19. The SMILES string of the molecule is C/C=C\c1c(/C=N\C)ncnc1C(C)C. The molecule has 0 aliphatic rings. The zero-order chi connectivity index (χ0) is 11.3. The molecule has 1 heterocycles. The van der Waals surface area contributed by atoms with Crippen LogP contribution in [-0.2, 0) is 0 Å². The van der Waals surface area contributed by atoms with E-state index in [1.807, 2.05) is 19.1 Å². The van der Waals surface area contributed by atoms with Crippen LogP contribution in [0.3, 0.4) is 0 Å². The van der Waals surface area contributed by atoms with Gasteiger partial charge < -0.3 is 0 Å². The molecule has 0 radical (unpaired) electrons. The van der Waals surface area contributed by atoms with Crippen LogP contribution >= 0.6 is 0 Å². The van der Waals surface area contributed by atoms with Crippen LogP contribution in [0.25, 0.3) is 6.08 Å². The average molecular weight is 203 g/mol. The first-order valence-corrected chi connectivity index (χ1v) is 5.10. The van der Waals surface area contributed by atoms with Gasteiger partial charge in [0.1, 0.15) is 6.33 Å². The Morgan fingerprint density at radius 1 is 1.33 bits per heavy atom. The van der Waals surface area contributed by atoms with E-state index in [0.29, 0.717) is 5.92 Å². The third kappa shape index (κ3) is 2.72. The van der Waals surface area contributed by atoms with Crippen molar-refractivity contribution in [1.82, 2.24) is 9.97 Å². The van der Waals surface area contributed by atoms with Crippen LogP contribution in [0, 0.1) is 0 Å². The highest BCUT2D eigenvalue weighted by Gasteiger charge is 2.09.